The largest absolute Gasteiger partial charge is 0.364 e. The molecule has 26 heavy (non-hydrogen) atoms. The highest BCUT2D eigenvalue weighted by Gasteiger charge is 2.17. The van der Waals surface area contributed by atoms with Gasteiger partial charge in [0.05, 0.1) is 0 Å². The van der Waals surface area contributed by atoms with Gasteiger partial charge in [0.15, 0.2) is 11.5 Å². The average Bonchev–Trinajstić information content (AvgIpc) is 2.66. The number of nitriles is 1. The lowest BCUT2D eigenvalue weighted by atomic mass is 9.98. The van der Waals surface area contributed by atoms with Crippen molar-refractivity contribution in [3.8, 4) is 6.07 Å². The van der Waals surface area contributed by atoms with Crippen molar-refractivity contribution < 1.29 is 8.78 Å². The standard InChI is InChI=1S/C20H16F2N4/c21-17-7-3-1-5-14(17)11-16(12-15-6-2-4-8-18(15)22)26-20-19(13-23)24-9-10-25-20/h1-10,16H,11-12H2,(H,25,26). The van der Waals surface area contributed by atoms with Gasteiger partial charge in [0.1, 0.15) is 17.7 Å². The number of anilines is 1. The average molecular weight is 350 g/mol. The summed E-state index contributed by atoms with van der Waals surface area (Å²) in [5.74, 6) is -0.354. The Bertz CT molecular complexity index is 889. The quantitative estimate of drug-likeness (QED) is 0.733. The third-order valence-electron chi connectivity index (χ3n) is 3.99. The monoisotopic (exact) mass is 350 g/mol. The first-order chi connectivity index (χ1) is 12.7. The van der Waals surface area contributed by atoms with Gasteiger partial charge in [-0.05, 0) is 36.1 Å². The Hall–Kier alpha value is -3.33. The molecule has 0 unspecified atom stereocenters. The van der Waals surface area contributed by atoms with Crippen LogP contribution in [0.25, 0.3) is 0 Å². The van der Waals surface area contributed by atoms with Crippen LogP contribution in [-0.2, 0) is 12.8 Å². The van der Waals surface area contributed by atoms with E-state index in [1.165, 1.54) is 24.5 Å². The van der Waals surface area contributed by atoms with Crippen LogP contribution in [0.5, 0.6) is 0 Å². The molecular weight excluding hydrogens is 334 g/mol. The zero-order chi connectivity index (χ0) is 18.4. The van der Waals surface area contributed by atoms with E-state index < -0.39 is 0 Å². The van der Waals surface area contributed by atoms with Crippen LogP contribution in [0.3, 0.4) is 0 Å². The number of aromatic nitrogens is 2. The normalized spacial score (nSPS) is 10.5. The van der Waals surface area contributed by atoms with Crippen LogP contribution < -0.4 is 5.32 Å². The third-order valence-corrected chi connectivity index (χ3v) is 3.99. The van der Waals surface area contributed by atoms with Crippen LogP contribution in [0, 0.1) is 23.0 Å². The molecule has 4 nitrogen and oxygen atoms in total. The Balaban J connectivity index is 1.89. The van der Waals surface area contributed by atoms with Gasteiger partial charge in [-0.3, -0.25) is 0 Å². The van der Waals surface area contributed by atoms with E-state index in [9.17, 15) is 14.0 Å². The SMILES string of the molecule is N#Cc1nccnc1NC(Cc1ccccc1F)Cc1ccccc1F. The number of hydrogen-bond acceptors (Lipinski definition) is 4. The Morgan fingerprint density at radius 1 is 0.885 bits per heavy atom. The van der Waals surface area contributed by atoms with Crippen LogP contribution in [0.1, 0.15) is 16.8 Å². The third kappa shape index (κ3) is 4.19. The van der Waals surface area contributed by atoms with Crippen molar-refractivity contribution in [2.45, 2.75) is 18.9 Å². The molecule has 130 valence electrons. The maximum atomic E-state index is 14.1. The molecule has 0 atom stereocenters. The van der Waals surface area contributed by atoms with Gasteiger partial charge in [0, 0.05) is 18.4 Å². The molecule has 0 aliphatic rings. The Kier molecular flexibility index (Phi) is 5.49. The molecule has 3 rings (SSSR count). The predicted octanol–water partition coefficient (Wildman–Crippen LogP) is 3.89. The summed E-state index contributed by atoms with van der Waals surface area (Å²) in [4.78, 5) is 8.10. The first kappa shape index (κ1) is 17.5. The zero-order valence-electron chi connectivity index (χ0n) is 13.9. The number of benzene rings is 2. The molecule has 0 saturated heterocycles. The first-order valence-electron chi connectivity index (χ1n) is 8.12. The van der Waals surface area contributed by atoms with Crippen molar-refractivity contribution in [3.05, 3.63) is 89.4 Å². The molecule has 0 bridgehead atoms. The highest BCUT2D eigenvalue weighted by molar-refractivity contribution is 5.48. The second kappa shape index (κ2) is 8.17. The number of rotatable bonds is 6. The molecule has 1 N–H and O–H groups in total. The maximum Gasteiger partial charge on any atom is 0.182 e. The van der Waals surface area contributed by atoms with Gasteiger partial charge in [-0.25, -0.2) is 18.7 Å². The molecule has 0 spiro atoms. The molecule has 0 amide bonds. The van der Waals surface area contributed by atoms with E-state index in [4.69, 9.17) is 0 Å². The van der Waals surface area contributed by atoms with Crippen molar-refractivity contribution in [3.63, 3.8) is 0 Å². The molecule has 1 heterocycles. The summed E-state index contributed by atoms with van der Waals surface area (Å²) < 4.78 is 28.1. The summed E-state index contributed by atoms with van der Waals surface area (Å²) in [7, 11) is 0. The minimum Gasteiger partial charge on any atom is -0.364 e. The second-order valence-electron chi connectivity index (χ2n) is 5.80. The van der Waals surface area contributed by atoms with Crippen LogP contribution >= 0.6 is 0 Å². The van der Waals surface area contributed by atoms with Gasteiger partial charge in [-0.2, -0.15) is 5.26 Å². The summed E-state index contributed by atoms with van der Waals surface area (Å²) in [6, 6.07) is 14.5. The van der Waals surface area contributed by atoms with Gasteiger partial charge in [0.25, 0.3) is 0 Å². The summed E-state index contributed by atoms with van der Waals surface area (Å²) in [5.41, 5.74) is 1.15. The minimum absolute atomic E-state index is 0.138. The molecule has 0 saturated carbocycles. The number of halogens is 2. The Morgan fingerprint density at radius 2 is 1.42 bits per heavy atom. The van der Waals surface area contributed by atoms with Crippen LogP contribution in [0.15, 0.2) is 60.9 Å². The lowest BCUT2D eigenvalue weighted by Gasteiger charge is -2.20. The maximum absolute atomic E-state index is 14.1. The predicted molar refractivity (Wildman–Crippen MR) is 94.4 cm³/mol. The van der Waals surface area contributed by atoms with Gasteiger partial charge in [-0.15, -0.1) is 0 Å². The summed E-state index contributed by atoms with van der Waals surface area (Å²) in [6.07, 6.45) is 3.50. The van der Waals surface area contributed by atoms with E-state index in [1.54, 1.807) is 36.4 Å². The van der Waals surface area contributed by atoms with Crippen molar-refractivity contribution in [2.75, 3.05) is 5.32 Å². The summed E-state index contributed by atoms with van der Waals surface area (Å²) >= 11 is 0. The second-order valence-corrected chi connectivity index (χ2v) is 5.80. The first-order valence-corrected chi connectivity index (χ1v) is 8.12. The molecule has 2 aromatic carbocycles. The molecule has 3 aromatic rings. The zero-order valence-corrected chi connectivity index (χ0v) is 13.9. The van der Waals surface area contributed by atoms with E-state index in [0.717, 1.165) is 0 Å². The van der Waals surface area contributed by atoms with Crippen molar-refractivity contribution in [1.29, 1.82) is 5.26 Å². The molecular formula is C20H16F2N4. The van der Waals surface area contributed by atoms with Gasteiger partial charge in [-0.1, -0.05) is 36.4 Å². The lowest BCUT2D eigenvalue weighted by molar-refractivity contribution is 0.576. The van der Waals surface area contributed by atoms with E-state index in [0.29, 0.717) is 29.8 Å². The molecule has 0 aliphatic heterocycles. The highest BCUT2D eigenvalue weighted by Crippen LogP contribution is 2.18. The van der Waals surface area contributed by atoms with E-state index in [1.807, 2.05) is 6.07 Å². The fourth-order valence-electron chi connectivity index (χ4n) is 2.75. The van der Waals surface area contributed by atoms with E-state index >= 15 is 0 Å². The Morgan fingerprint density at radius 3 is 1.96 bits per heavy atom. The number of hydrogen-bond donors (Lipinski definition) is 1. The number of nitrogens with one attached hydrogen (secondary N) is 1. The summed E-state index contributed by atoms with van der Waals surface area (Å²) in [5, 5.41) is 12.3. The smallest absolute Gasteiger partial charge is 0.182 e. The van der Waals surface area contributed by atoms with Crippen molar-refractivity contribution >= 4 is 5.82 Å². The lowest BCUT2D eigenvalue weighted by Crippen LogP contribution is -2.27. The van der Waals surface area contributed by atoms with Crippen molar-refractivity contribution in [2.24, 2.45) is 0 Å². The van der Waals surface area contributed by atoms with Crippen molar-refractivity contribution in [1.82, 2.24) is 9.97 Å². The van der Waals surface area contributed by atoms with Gasteiger partial charge >= 0.3 is 0 Å². The fourth-order valence-corrected chi connectivity index (χ4v) is 2.75. The summed E-state index contributed by atoms with van der Waals surface area (Å²) in [6.45, 7) is 0. The molecule has 6 heteroatoms. The van der Waals surface area contributed by atoms with E-state index in [2.05, 4.69) is 15.3 Å². The van der Waals surface area contributed by atoms with Gasteiger partial charge < -0.3 is 5.32 Å². The Labute approximate surface area is 150 Å². The molecule has 0 aliphatic carbocycles. The molecule has 0 fully saturated rings. The topological polar surface area (TPSA) is 61.6 Å². The number of nitrogens with zero attached hydrogens (tertiary/aromatic N) is 3. The molecule has 0 radical (unpaired) electrons. The van der Waals surface area contributed by atoms with Crippen LogP contribution in [0.4, 0.5) is 14.6 Å². The molecule has 1 aromatic heterocycles. The van der Waals surface area contributed by atoms with E-state index in [-0.39, 0.29) is 23.4 Å². The highest BCUT2D eigenvalue weighted by atomic mass is 19.1. The van der Waals surface area contributed by atoms with Crippen LogP contribution in [-0.4, -0.2) is 16.0 Å². The fraction of sp³-hybridized carbons (Fsp3) is 0.150. The minimum atomic E-state index is -0.368. The van der Waals surface area contributed by atoms with Crippen LogP contribution in [0.2, 0.25) is 0 Å². The van der Waals surface area contributed by atoms with Gasteiger partial charge in [0.2, 0.25) is 0 Å².